The molecule has 0 fully saturated rings. The molecule has 0 radical (unpaired) electrons. The smallest absolute Gasteiger partial charge is 0.371 e. The monoisotopic (exact) mass is 465 g/mol. The van der Waals surface area contributed by atoms with E-state index in [4.69, 9.17) is 20.9 Å². The lowest BCUT2D eigenvalue weighted by molar-refractivity contribution is 0.484. The average molecular weight is 466 g/mol. The molecule has 0 aliphatic carbocycles. The number of benzene rings is 3. The first kappa shape index (κ1) is 20.6. The quantitative estimate of drug-likeness (QED) is 0.379. The van der Waals surface area contributed by atoms with Gasteiger partial charge in [-0.1, -0.05) is 48.0 Å². The molecule has 1 unspecified atom stereocenters. The maximum atomic E-state index is 11.8. The minimum atomic E-state index is -4.23. The predicted molar refractivity (Wildman–Crippen MR) is 127 cm³/mol. The number of fused-ring (bicyclic) bond motifs is 2. The summed E-state index contributed by atoms with van der Waals surface area (Å²) in [6.07, 6.45) is 4.00. The van der Waals surface area contributed by atoms with Crippen LogP contribution in [0.25, 0.3) is 21.8 Å². The van der Waals surface area contributed by atoms with Crippen molar-refractivity contribution in [3.63, 3.8) is 0 Å². The number of nitrogens with one attached hydrogen (secondary N) is 1. The van der Waals surface area contributed by atoms with Crippen molar-refractivity contribution in [2.75, 3.05) is 0 Å². The van der Waals surface area contributed by atoms with E-state index >= 15 is 0 Å². The van der Waals surface area contributed by atoms with E-state index in [0.717, 1.165) is 32.9 Å². The summed E-state index contributed by atoms with van der Waals surface area (Å²) >= 11 is 6.37. The van der Waals surface area contributed by atoms with Crippen LogP contribution in [0, 0.1) is 0 Å². The van der Waals surface area contributed by atoms with Crippen LogP contribution in [0.5, 0.6) is 5.75 Å². The second kappa shape index (κ2) is 7.70. The van der Waals surface area contributed by atoms with Gasteiger partial charge in [0.1, 0.15) is 5.75 Å². The number of H-pyrrole nitrogens is 1. The van der Waals surface area contributed by atoms with E-state index < -0.39 is 10.3 Å². The largest absolute Gasteiger partial charge is 0.380 e. The number of hydrogen-bond acceptors (Lipinski definition) is 3. The number of halogens is 1. The fourth-order valence-corrected chi connectivity index (χ4v) is 4.97. The molecule has 32 heavy (non-hydrogen) atoms. The van der Waals surface area contributed by atoms with Gasteiger partial charge in [-0.05, 0) is 41.5 Å². The summed E-state index contributed by atoms with van der Waals surface area (Å²) in [7, 11) is -2.25. The van der Waals surface area contributed by atoms with E-state index in [9.17, 15) is 8.42 Å². The van der Waals surface area contributed by atoms with Crippen molar-refractivity contribution >= 4 is 43.7 Å². The summed E-state index contributed by atoms with van der Waals surface area (Å²) in [6.45, 7) is 0. The summed E-state index contributed by atoms with van der Waals surface area (Å²) in [5, 5.41) is 7.76. The van der Waals surface area contributed by atoms with Crippen molar-refractivity contribution in [3.8, 4) is 5.75 Å². The molecule has 0 saturated carbocycles. The zero-order chi connectivity index (χ0) is 22.5. The highest BCUT2D eigenvalue weighted by Gasteiger charge is 2.28. The Labute approximate surface area is 190 Å². The molecule has 1 atom stereocenters. The van der Waals surface area contributed by atoms with Gasteiger partial charge in [-0.25, -0.2) is 0 Å². The first-order valence-electron chi connectivity index (χ1n) is 9.93. The zero-order valence-corrected chi connectivity index (χ0v) is 18.7. The number of nitrogens with zero attached hydrogens (tertiary/aromatic N) is 1. The number of aryl methyl sites for hydroxylation is 1. The molecule has 2 aromatic heterocycles. The molecule has 5 rings (SSSR count). The van der Waals surface area contributed by atoms with Crippen molar-refractivity contribution in [1.29, 1.82) is 0 Å². The van der Waals surface area contributed by atoms with Crippen LogP contribution in [-0.4, -0.2) is 18.0 Å². The molecular weight excluding hydrogens is 446 g/mol. The van der Waals surface area contributed by atoms with Gasteiger partial charge in [0.05, 0.1) is 0 Å². The van der Waals surface area contributed by atoms with Crippen molar-refractivity contribution < 1.29 is 12.6 Å². The number of aromatic amines is 1. The maximum absolute atomic E-state index is 11.8. The summed E-state index contributed by atoms with van der Waals surface area (Å²) in [5.41, 5.74) is 4.60. The Bertz CT molecular complexity index is 1570. The van der Waals surface area contributed by atoms with Crippen molar-refractivity contribution in [3.05, 3.63) is 101 Å². The van der Waals surface area contributed by atoms with Crippen LogP contribution in [0.3, 0.4) is 0 Å². The fourth-order valence-electron chi connectivity index (χ4n) is 4.38. The second-order valence-electron chi connectivity index (χ2n) is 7.69. The molecule has 162 valence electrons. The molecule has 3 aromatic carbocycles. The Balaban J connectivity index is 1.86. The van der Waals surface area contributed by atoms with Gasteiger partial charge in [-0.2, -0.15) is 13.6 Å². The molecule has 8 heteroatoms. The number of nitrogens with two attached hydrogens (primary N) is 1. The standard InChI is InChI=1S/C24H20ClN3O3S/c1-28-14-20(17-7-3-5-9-22(17)28)24(19-13-27-21-8-4-2-6-16(19)21)18-12-15(25)10-11-23(18)31-32(26,29)30/h2-14,24,27H,1H3,(H2,26,29,30). The third-order valence-electron chi connectivity index (χ3n) is 5.66. The number of aromatic nitrogens is 2. The van der Waals surface area contributed by atoms with Crippen molar-refractivity contribution in [1.82, 2.24) is 9.55 Å². The molecule has 0 aliphatic rings. The van der Waals surface area contributed by atoms with E-state index in [2.05, 4.69) is 21.8 Å². The molecule has 0 bridgehead atoms. The molecular formula is C24H20ClN3O3S. The molecule has 0 saturated heterocycles. The van der Waals surface area contributed by atoms with Crippen molar-refractivity contribution in [2.24, 2.45) is 12.2 Å². The lowest BCUT2D eigenvalue weighted by Gasteiger charge is -2.20. The van der Waals surface area contributed by atoms with E-state index in [0.29, 0.717) is 10.6 Å². The average Bonchev–Trinajstić information content (AvgIpc) is 3.32. The first-order chi connectivity index (χ1) is 15.3. The number of hydrogen-bond donors (Lipinski definition) is 2. The number of rotatable bonds is 5. The van der Waals surface area contributed by atoms with Gasteiger partial charge < -0.3 is 13.7 Å². The minimum Gasteiger partial charge on any atom is -0.371 e. The molecule has 5 aromatic rings. The summed E-state index contributed by atoms with van der Waals surface area (Å²) in [4.78, 5) is 3.32. The van der Waals surface area contributed by atoms with E-state index in [-0.39, 0.29) is 11.7 Å². The van der Waals surface area contributed by atoms with Crippen LogP contribution in [0.2, 0.25) is 5.02 Å². The number of para-hydroxylation sites is 2. The van der Waals surface area contributed by atoms with Gasteiger partial charge in [0.15, 0.2) is 0 Å². The Hall–Kier alpha value is -3.26. The molecule has 2 heterocycles. The van der Waals surface area contributed by atoms with Crippen LogP contribution in [0.15, 0.2) is 79.1 Å². The molecule has 6 nitrogen and oxygen atoms in total. The normalized spacial score (nSPS) is 13.0. The predicted octanol–water partition coefficient (Wildman–Crippen LogP) is 5.08. The van der Waals surface area contributed by atoms with Gasteiger partial charge in [-0.15, -0.1) is 0 Å². The van der Waals surface area contributed by atoms with Gasteiger partial charge in [0.25, 0.3) is 0 Å². The van der Waals surface area contributed by atoms with E-state index in [1.807, 2.05) is 55.7 Å². The Morgan fingerprint density at radius 1 is 0.969 bits per heavy atom. The van der Waals surface area contributed by atoms with Crippen LogP contribution < -0.4 is 9.32 Å². The highest BCUT2D eigenvalue weighted by molar-refractivity contribution is 7.84. The van der Waals surface area contributed by atoms with Crippen LogP contribution >= 0.6 is 11.6 Å². The zero-order valence-electron chi connectivity index (χ0n) is 17.1. The third kappa shape index (κ3) is 3.64. The lowest BCUT2D eigenvalue weighted by Crippen LogP contribution is -2.20. The third-order valence-corrected chi connectivity index (χ3v) is 6.31. The lowest BCUT2D eigenvalue weighted by atomic mass is 9.84. The summed E-state index contributed by atoms with van der Waals surface area (Å²) in [5.74, 6) is -0.229. The second-order valence-corrected chi connectivity index (χ2v) is 9.28. The fraction of sp³-hybridized carbons (Fsp3) is 0.0833. The molecule has 3 N–H and O–H groups in total. The molecule has 0 aliphatic heterocycles. The van der Waals surface area contributed by atoms with E-state index in [1.54, 1.807) is 12.1 Å². The molecule has 0 spiro atoms. The summed E-state index contributed by atoms with van der Waals surface area (Å²) < 4.78 is 30.9. The van der Waals surface area contributed by atoms with E-state index in [1.165, 1.54) is 6.07 Å². The Morgan fingerprint density at radius 3 is 2.47 bits per heavy atom. The summed E-state index contributed by atoms with van der Waals surface area (Å²) in [6, 6.07) is 20.9. The Morgan fingerprint density at radius 2 is 1.69 bits per heavy atom. The van der Waals surface area contributed by atoms with Gasteiger partial charge in [0, 0.05) is 57.8 Å². The van der Waals surface area contributed by atoms with Crippen molar-refractivity contribution in [2.45, 2.75) is 5.92 Å². The van der Waals surface area contributed by atoms with Crippen LogP contribution in [0.1, 0.15) is 22.6 Å². The SMILES string of the molecule is Cn1cc(C(c2cc(Cl)ccc2OS(N)(=O)=O)c2c[nH]c3ccccc23)c2ccccc21. The van der Waals surface area contributed by atoms with Crippen LogP contribution in [0.4, 0.5) is 0 Å². The minimum absolute atomic E-state index is 0.139. The molecule has 0 amide bonds. The van der Waals surface area contributed by atoms with Gasteiger partial charge in [0.2, 0.25) is 0 Å². The highest BCUT2D eigenvalue weighted by atomic mass is 35.5. The topological polar surface area (TPSA) is 90.1 Å². The van der Waals surface area contributed by atoms with Gasteiger partial charge >= 0.3 is 10.3 Å². The maximum Gasteiger partial charge on any atom is 0.380 e. The van der Waals surface area contributed by atoms with Gasteiger partial charge in [-0.3, -0.25) is 0 Å². The Kier molecular flexibility index (Phi) is 4.97. The highest BCUT2D eigenvalue weighted by Crippen LogP contribution is 2.44. The first-order valence-corrected chi connectivity index (χ1v) is 11.8. The van der Waals surface area contributed by atoms with Crippen LogP contribution in [-0.2, 0) is 17.4 Å².